The van der Waals surface area contributed by atoms with E-state index in [2.05, 4.69) is 17.2 Å². The zero-order valence-electron chi connectivity index (χ0n) is 4.59. The molecule has 0 spiro atoms. The van der Waals surface area contributed by atoms with Gasteiger partial charge < -0.3 is 0 Å². The average molecular weight is 111 g/mol. The van der Waals surface area contributed by atoms with E-state index in [9.17, 15) is 0 Å². The van der Waals surface area contributed by atoms with Gasteiger partial charge >= 0.3 is 0 Å². The van der Waals surface area contributed by atoms with Gasteiger partial charge in [0.05, 0.1) is 6.54 Å². The first-order valence-electron chi connectivity index (χ1n) is 2.28. The lowest BCUT2D eigenvalue weighted by Crippen LogP contribution is -2.01. The summed E-state index contributed by atoms with van der Waals surface area (Å²) in [7, 11) is 0. The number of hydrogen-bond donors (Lipinski definition) is 2. The van der Waals surface area contributed by atoms with E-state index in [0.29, 0.717) is 6.54 Å². The topological polar surface area (TPSA) is 48.2 Å². The van der Waals surface area contributed by atoms with Crippen molar-refractivity contribution in [2.45, 2.75) is 0 Å². The maximum atomic E-state index is 6.29. The molecule has 0 saturated carbocycles. The Balaban J connectivity index is 3.02. The highest BCUT2D eigenvalue weighted by Crippen LogP contribution is 1.69. The van der Waals surface area contributed by atoms with Crippen LogP contribution in [-0.4, -0.2) is 6.54 Å². The standard InChI is InChI=1S/C5H9N3/c1-2-3-4-5-7-8-6/h2-4H,1,5H2,(H2,6,7)/b4-3-. The van der Waals surface area contributed by atoms with Gasteiger partial charge in [-0.15, -0.1) is 0 Å². The lowest BCUT2D eigenvalue weighted by atomic mass is 10.5. The fourth-order valence-corrected chi connectivity index (χ4v) is 0.263. The van der Waals surface area contributed by atoms with Crippen LogP contribution >= 0.6 is 0 Å². The van der Waals surface area contributed by atoms with Crippen LogP contribution in [0.1, 0.15) is 0 Å². The lowest BCUT2D eigenvalue weighted by Gasteiger charge is -1.84. The van der Waals surface area contributed by atoms with Crippen LogP contribution in [0.25, 0.3) is 0 Å². The van der Waals surface area contributed by atoms with Gasteiger partial charge in [-0.2, -0.15) is 5.53 Å². The van der Waals surface area contributed by atoms with E-state index in [0.717, 1.165) is 0 Å². The molecular formula is C5H9N3. The van der Waals surface area contributed by atoms with E-state index >= 15 is 0 Å². The van der Waals surface area contributed by atoms with Crippen molar-refractivity contribution >= 4 is 0 Å². The summed E-state index contributed by atoms with van der Waals surface area (Å²) in [5.41, 5.74) is 8.73. The van der Waals surface area contributed by atoms with Crippen LogP contribution in [0.2, 0.25) is 0 Å². The molecule has 0 radical (unpaired) electrons. The fraction of sp³-hybridized carbons (Fsp3) is 0.200. The molecule has 0 fully saturated rings. The predicted octanol–water partition coefficient (Wildman–Crippen LogP) is 1.26. The SMILES string of the molecule is C=C/C=C\CNN=N. The summed E-state index contributed by atoms with van der Waals surface area (Å²) in [6.07, 6.45) is 5.29. The molecule has 0 saturated heterocycles. The van der Waals surface area contributed by atoms with Gasteiger partial charge in [0, 0.05) is 0 Å². The molecule has 0 unspecified atom stereocenters. The average Bonchev–Trinajstić information content (AvgIpc) is 1.81. The maximum absolute atomic E-state index is 6.29. The molecule has 44 valence electrons. The van der Waals surface area contributed by atoms with Crippen LogP contribution in [0, 0.1) is 5.53 Å². The van der Waals surface area contributed by atoms with Crippen LogP contribution in [0.3, 0.4) is 0 Å². The summed E-state index contributed by atoms with van der Waals surface area (Å²) >= 11 is 0. The molecule has 0 aromatic carbocycles. The van der Waals surface area contributed by atoms with Gasteiger partial charge in [-0.25, -0.2) is 0 Å². The summed E-state index contributed by atoms with van der Waals surface area (Å²) in [6.45, 7) is 4.06. The second-order valence-electron chi connectivity index (χ2n) is 1.14. The molecule has 0 aliphatic rings. The zero-order valence-corrected chi connectivity index (χ0v) is 4.59. The van der Waals surface area contributed by atoms with Crippen LogP contribution in [0.15, 0.2) is 30.0 Å². The minimum Gasteiger partial charge on any atom is -0.288 e. The molecule has 0 rings (SSSR count). The van der Waals surface area contributed by atoms with Crippen molar-refractivity contribution < 1.29 is 0 Å². The third-order valence-corrected chi connectivity index (χ3v) is 0.560. The van der Waals surface area contributed by atoms with Gasteiger partial charge in [-0.3, -0.25) is 5.43 Å². The van der Waals surface area contributed by atoms with Crippen LogP contribution in [0.4, 0.5) is 0 Å². The Hall–Kier alpha value is -1.12. The quantitative estimate of drug-likeness (QED) is 0.244. The van der Waals surface area contributed by atoms with Gasteiger partial charge in [0.2, 0.25) is 0 Å². The first-order chi connectivity index (χ1) is 3.91. The minimum atomic E-state index is 0.593. The molecule has 0 amide bonds. The molecule has 0 heterocycles. The Kier molecular flexibility index (Phi) is 5.06. The van der Waals surface area contributed by atoms with Gasteiger partial charge in [0.1, 0.15) is 0 Å². The molecule has 3 heteroatoms. The fourth-order valence-electron chi connectivity index (χ4n) is 0.263. The van der Waals surface area contributed by atoms with E-state index in [1.165, 1.54) is 0 Å². The van der Waals surface area contributed by atoms with Crippen LogP contribution in [0.5, 0.6) is 0 Å². The minimum absolute atomic E-state index is 0.593. The number of rotatable bonds is 4. The number of hydrogen-bond acceptors (Lipinski definition) is 2. The second-order valence-corrected chi connectivity index (χ2v) is 1.14. The molecule has 0 bridgehead atoms. The predicted molar refractivity (Wildman–Crippen MR) is 32.5 cm³/mol. The first-order valence-corrected chi connectivity index (χ1v) is 2.28. The van der Waals surface area contributed by atoms with Gasteiger partial charge in [0.15, 0.2) is 0 Å². The maximum Gasteiger partial charge on any atom is 0.0530 e. The highest BCUT2D eigenvalue weighted by Gasteiger charge is 1.66. The van der Waals surface area contributed by atoms with Crippen molar-refractivity contribution in [1.82, 2.24) is 5.43 Å². The Labute approximate surface area is 48.6 Å². The molecule has 2 N–H and O–H groups in total. The summed E-state index contributed by atoms with van der Waals surface area (Å²) in [4.78, 5) is 0. The number of nitrogens with zero attached hydrogens (tertiary/aromatic N) is 1. The largest absolute Gasteiger partial charge is 0.288 e. The number of nitrogens with one attached hydrogen (secondary N) is 2. The normalized spacial score (nSPS) is 9.00. The third kappa shape index (κ3) is 4.88. The summed E-state index contributed by atoms with van der Waals surface area (Å²) < 4.78 is 0. The van der Waals surface area contributed by atoms with E-state index in [-0.39, 0.29) is 0 Å². The Morgan fingerprint density at radius 1 is 1.75 bits per heavy atom. The highest BCUT2D eigenvalue weighted by molar-refractivity contribution is 4.97. The smallest absolute Gasteiger partial charge is 0.0530 e. The molecule has 0 aliphatic carbocycles. The monoisotopic (exact) mass is 111 g/mol. The van der Waals surface area contributed by atoms with Crippen LogP contribution in [-0.2, 0) is 0 Å². The number of allylic oxidation sites excluding steroid dienone is 2. The van der Waals surface area contributed by atoms with Crippen LogP contribution < -0.4 is 5.43 Å². The van der Waals surface area contributed by atoms with Gasteiger partial charge in [-0.1, -0.05) is 30.0 Å². The molecule has 0 aromatic rings. The third-order valence-electron chi connectivity index (χ3n) is 0.560. The van der Waals surface area contributed by atoms with Crippen molar-refractivity contribution in [2.75, 3.05) is 6.54 Å². The Morgan fingerprint density at radius 3 is 3.00 bits per heavy atom. The van der Waals surface area contributed by atoms with Crippen molar-refractivity contribution in [3.8, 4) is 0 Å². The molecular weight excluding hydrogens is 102 g/mol. The summed E-state index contributed by atoms with van der Waals surface area (Å²) in [6, 6.07) is 0. The van der Waals surface area contributed by atoms with Crippen molar-refractivity contribution in [3.05, 3.63) is 24.8 Å². The summed E-state index contributed by atoms with van der Waals surface area (Å²) in [5.74, 6) is 0. The van der Waals surface area contributed by atoms with E-state index in [1.54, 1.807) is 12.2 Å². The molecule has 0 aliphatic heterocycles. The van der Waals surface area contributed by atoms with Gasteiger partial charge in [-0.05, 0) is 0 Å². The van der Waals surface area contributed by atoms with E-state index in [4.69, 9.17) is 5.53 Å². The van der Waals surface area contributed by atoms with Gasteiger partial charge in [0.25, 0.3) is 0 Å². The Bertz CT molecular complexity index is 95.8. The highest BCUT2D eigenvalue weighted by atomic mass is 15.4. The summed E-state index contributed by atoms with van der Waals surface area (Å²) in [5, 5.41) is 2.92. The van der Waals surface area contributed by atoms with Crippen molar-refractivity contribution in [2.24, 2.45) is 5.22 Å². The lowest BCUT2D eigenvalue weighted by molar-refractivity contribution is 0.733. The molecule has 0 aromatic heterocycles. The van der Waals surface area contributed by atoms with E-state index in [1.807, 2.05) is 6.08 Å². The van der Waals surface area contributed by atoms with E-state index < -0.39 is 0 Å². The van der Waals surface area contributed by atoms with Crippen molar-refractivity contribution in [1.29, 1.82) is 5.53 Å². The Morgan fingerprint density at radius 2 is 2.50 bits per heavy atom. The molecule has 3 nitrogen and oxygen atoms in total. The zero-order chi connectivity index (χ0) is 6.24. The molecule has 0 atom stereocenters. The molecule has 8 heavy (non-hydrogen) atoms. The first kappa shape index (κ1) is 6.88. The second kappa shape index (κ2) is 5.88. The van der Waals surface area contributed by atoms with Crippen molar-refractivity contribution in [3.63, 3.8) is 0 Å².